The van der Waals surface area contributed by atoms with E-state index >= 15 is 0 Å². The zero-order valence-electron chi connectivity index (χ0n) is 16.8. The van der Waals surface area contributed by atoms with E-state index in [1.165, 1.54) is 12.4 Å². The maximum Gasteiger partial charge on any atom is 0.404 e. The molecule has 1 unspecified atom stereocenters. The van der Waals surface area contributed by atoms with E-state index in [-0.39, 0.29) is 36.8 Å². The SMILES string of the molecule is CN1CCC(OC2CCN(c3ncc(OC/C(=C/F)CNC(=O)O)cn3)CC2)C1=O. The maximum atomic E-state index is 12.8. The highest BCUT2D eigenvalue weighted by atomic mass is 19.1. The van der Waals surface area contributed by atoms with Crippen LogP contribution in [-0.4, -0.2) is 84.0 Å². The van der Waals surface area contributed by atoms with Crippen molar-refractivity contribution in [3.8, 4) is 5.75 Å². The number of nitrogens with one attached hydrogen (secondary N) is 1. The number of carboxylic acid groups (broad SMARTS) is 1. The molecular formula is C19H26FN5O5. The Labute approximate surface area is 173 Å². The zero-order valence-corrected chi connectivity index (χ0v) is 16.8. The molecule has 1 aromatic rings. The van der Waals surface area contributed by atoms with Crippen molar-refractivity contribution in [1.82, 2.24) is 20.2 Å². The van der Waals surface area contributed by atoms with Gasteiger partial charge in [0.25, 0.3) is 5.91 Å². The van der Waals surface area contributed by atoms with Crippen LogP contribution in [0.2, 0.25) is 0 Å². The highest BCUT2D eigenvalue weighted by molar-refractivity contribution is 5.82. The number of halogens is 1. The largest absolute Gasteiger partial charge is 0.486 e. The van der Waals surface area contributed by atoms with E-state index in [2.05, 4.69) is 15.3 Å². The number of amides is 2. The van der Waals surface area contributed by atoms with Crippen molar-refractivity contribution < 1.29 is 28.6 Å². The number of hydrogen-bond donors (Lipinski definition) is 2. The van der Waals surface area contributed by atoms with Crippen molar-refractivity contribution >= 4 is 17.9 Å². The van der Waals surface area contributed by atoms with Gasteiger partial charge in [-0.1, -0.05) is 0 Å². The lowest BCUT2D eigenvalue weighted by atomic mass is 10.1. The van der Waals surface area contributed by atoms with Crippen LogP contribution in [0.15, 0.2) is 24.3 Å². The summed E-state index contributed by atoms with van der Waals surface area (Å²) in [5, 5.41) is 10.6. The summed E-state index contributed by atoms with van der Waals surface area (Å²) in [6.07, 6.45) is 4.12. The Morgan fingerprint density at radius 2 is 2.00 bits per heavy atom. The lowest BCUT2D eigenvalue weighted by Gasteiger charge is -2.32. The molecule has 11 heteroatoms. The molecule has 2 N–H and O–H groups in total. The minimum Gasteiger partial charge on any atom is -0.486 e. The standard InChI is InChI=1S/C19H26FN5O5/c1-24-5-4-16(17(24)26)30-14-2-6-25(7-3-14)18-21-10-15(11-22-18)29-12-13(8-20)9-23-19(27)28/h8,10-11,14,16,23H,2-7,9,12H2,1H3,(H,27,28)/b13-8+. The lowest BCUT2D eigenvalue weighted by molar-refractivity contribution is -0.140. The maximum absolute atomic E-state index is 12.8. The predicted octanol–water partition coefficient (Wildman–Crippen LogP) is 1.19. The van der Waals surface area contributed by atoms with Crippen molar-refractivity contribution in [2.45, 2.75) is 31.5 Å². The van der Waals surface area contributed by atoms with E-state index in [4.69, 9.17) is 14.6 Å². The lowest BCUT2D eigenvalue weighted by Crippen LogP contribution is -2.40. The summed E-state index contributed by atoms with van der Waals surface area (Å²) in [4.78, 5) is 34.8. The quantitative estimate of drug-likeness (QED) is 0.640. The van der Waals surface area contributed by atoms with Gasteiger partial charge in [-0.15, -0.1) is 0 Å². The van der Waals surface area contributed by atoms with Gasteiger partial charge < -0.3 is 29.7 Å². The highest BCUT2D eigenvalue weighted by Gasteiger charge is 2.33. The molecule has 0 spiro atoms. The van der Waals surface area contributed by atoms with E-state index in [1.807, 2.05) is 4.90 Å². The van der Waals surface area contributed by atoms with Crippen LogP contribution >= 0.6 is 0 Å². The van der Waals surface area contributed by atoms with Crippen molar-refractivity contribution in [2.75, 3.05) is 44.7 Å². The molecule has 2 aliphatic heterocycles. The topological polar surface area (TPSA) is 117 Å². The van der Waals surface area contributed by atoms with Gasteiger partial charge in [0.2, 0.25) is 5.95 Å². The minimum absolute atomic E-state index is 0.0506. The minimum atomic E-state index is -1.24. The molecular weight excluding hydrogens is 397 g/mol. The number of ether oxygens (including phenoxy) is 2. The molecule has 0 radical (unpaired) electrons. The van der Waals surface area contributed by atoms with E-state index in [0.29, 0.717) is 18.0 Å². The second-order valence-electron chi connectivity index (χ2n) is 7.29. The van der Waals surface area contributed by atoms with Gasteiger partial charge in [0.15, 0.2) is 5.75 Å². The second kappa shape index (κ2) is 10.2. The molecule has 1 atom stereocenters. The Morgan fingerprint density at radius 1 is 1.30 bits per heavy atom. The molecule has 3 heterocycles. The Morgan fingerprint density at radius 3 is 2.57 bits per heavy atom. The Hall–Kier alpha value is -2.95. The van der Waals surface area contributed by atoms with Crippen LogP contribution in [0, 0.1) is 0 Å². The normalized spacial score (nSPS) is 20.5. The zero-order chi connectivity index (χ0) is 21.5. The second-order valence-corrected chi connectivity index (χ2v) is 7.29. The van der Waals surface area contributed by atoms with Crippen LogP contribution < -0.4 is 15.0 Å². The van der Waals surface area contributed by atoms with Gasteiger partial charge in [-0.05, 0) is 12.8 Å². The van der Waals surface area contributed by atoms with Crippen molar-refractivity contribution in [3.05, 3.63) is 24.3 Å². The summed E-state index contributed by atoms with van der Waals surface area (Å²) < 4.78 is 24.2. The van der Waals surface area contributed by atoms with Gasteiger partial charge in [-0.2, -0.15) is 0 Å². The van der Waals surface area contributed by atoms with Crippen LogP contribution in [0.25, 0.3) is 0 Å². The number of likely N-dealkylation sites (tertiary alicyclic amines) is 1. The van der Waals surface area contributed by atoms with Gasteiger partial charge in [-0.3, -0.25) is 4.79 Å². The van der Waals surface area contributed by atoms with Gasteiger partial charge in [-0.25, -0.2) is 19.2 Å². The molecule has 1 aromatic heterocycles. The number of nitrogens with zero attached hydrogens (tertiary/aromatic N) is 4. The summed E-state index contributed by atoms with van der Waals surface area (Å²) in [5.74, 6) is 0.975. The van der Waals surface area contributed by atoms with Crippen LogP contribution in [0.1, 0.15) is 19.3 Å². The molecule has 30 heavy (non-hydrogen) atoms. The molecule has 2 fully saturated rings. The molecule has 0 aliphatic carbocycles. The number of carbonyl (C=O) groups is 2. The molecule has 2 aliphatic rings. The molecule has 3 rings (SSSR count). The van der Waals surface area contributed by atoms with Crippen LogP contribution in [0.4, 0.5) is 15.1 Å². The number of anilines is 1. The monoisotopic (exact) mass is 423 g/mol. The summed E-state index contributed by atoms with van der Waals surface area (Å²) in [6.45, 7) is 1.90. The van der Waals surface area contributed by atoms with Crippen LogP contribution in [0.5, 0.6) is 5.75 Å². The summed E-state index contributed by atoms with van der Waals surface area (Å²) in [6, 6.07) is 0. The molecule has 2 amide bonds. The fourth-order valence-corrected chi connectivity index (χ4v) is 3.37. The van der Waals surface area contributed by atoms with Gasteiger partial charge >= 0.3 is 6.09 Å². The fraction of sp³-hybridized carbons (Fsp3) is 0.579. The Bertz CT molecular complexity index is 767. The third-order valence-corrected chi connectivity index (χ3v) is 5.12. The number of carbonyl (C=O) groups excluding carboxylic acids is 1. The Kier molecular flexibility index (Phi) is 7.39. The smallest absolute Gasteiger partial charge is 0.404 e. The van der Waals surface area contributed by atoms with Crippen molar-refractivity contribution in [3.63, 3.8) is 0 Å². The third kappa shape index (κ3) is 5.78. The summed E-state index contributed by atoms with van der Waals surface area (Å²) in [5.41, 5.74) is 0.149. The first-order valence-corrected chi connectivity index (χ1v) is 9.81. The molecule has 0 aromatic carbocycles. The number of hydrogen-bond acceptors (Lipinski definition) is 7. The number of piperidine rings is 1. The summed E-state index contributed by atoms with van der Waals surface area (Å²) in [7, 11) is 1.79. The van der Waals surface area contributed by atoms with Crippen LogP contribution in [-0.2, 0) is 9.53 Å². The van der Waals surface area contributed by atoms with Gasteiger partial charge in [0.1, 0.15) is 12.7 Å². The van der Waals surface area contributed by atoms with E-state index in [1.54, 1.807) is 11.9 Å². The Balaban J connectivity index is 1.43. The van der Waals surface area contributed by atoms with Gasteiger partial charge in [0.05, 0.1) is 24.8 Å². The molecule has 0 bridgehead atoms. The van der Waals surface area contributed by atoms with Crippen molar-refractivity contribution in [2.24, 2.45) is 0 Å². The summed E-state index contributed by atoms with van der Waals surface area (Å²) >= 11 is 0. The average molecular weight is 423 g/mol. The van der Waals surface area contributed by atoms with Crippen molar-refractivity contribution in [1.29, 1.82) is 0 Å². The number of likely N-dealkylation sites (N-methyl/N-ethyl adjacent to an activating group) is 1. The first kappa shape index (κ1) is 21.8. The van der Waals surface area contributed by atoms with E-state index in [9.17, 15) is 14.0 Å². The van der Waals surface area contributed by atoms with E-state index in [0.717, 1.165) is 38.9 Å². The molecule has 10 nitrogen and oxygen atoms in total. The molecule has 164 valence electrons. The number of rotatable bonds is 8. The average Bonchev–Trinajstić information content (AvgIpc) is 3.07. The predicted molar refractivity (Wildman–Crippen MR) is 105 cm³/mol. The van der Waals surface area contributed by atoms with E-state index < -0.39 is 6.09 Å². The first-order valence-electron chi connectivity index (χ1n) is 9.81. The number of aromatic nitrogens is 2. The van der Waals surface area contributed by atoms with Crippen LogP contribution in [0.3, 0.4) is 0 Å². The molecule has 2 saturated heterocycles. The fourth-order valence-electron chi connectivity index (χ4n) is 3.37. The third-order valence-electron chi connectivity index (χ3n) is 5.12. The highest BCUT2D eigenvalue weighted by Crippen LogP contribution is 2.23. The molecule has 0 saturated carbocycles. The first-order chi connectivity index (χ1) is 14.5. The van der Waals surface area contributed by atoms with Gasteiger partial charge in [0, 0.05) is 45.2 Å².